The summed E-state index contributed by atoms with van der Waals surface area (Å²) in [5.74, 6) is 0. The first-order valence-electron chi connectivity index (χ1n) is 8.41. The zero-order valence-electron chi connectivity index (χ0n) is 13.8. The lowest BCUT2D eigenvalue weighted by Gasteiger charge is -2.27. The second-order valence-corrected chi connectivity index (χ2v) is 8.08. The third-order valence-electron chi connectivity index (χ3n) is 4.61. The number of hydrogen-bond acceptors (Lipinski definition) is 2. The van der Waals surface area contributed by atoms with Crippen LogP contribution < -0.4 is 0 Å². The molecule has 0 radical (unpaired) electrons. The maximum absolute atomic E-state index is 13.0. The van der Waals surface area contributed by atoms with E-state index in [4.69, 9.17) is 0 Å². The molecule has 0 aliphatic heterocycles. The van der Waals surface area contributed by atoms with Gasteiger partial charge in [-0.25, -0.2) is 8.42 Å². The first-order chi connectivity index (χ1) is 11.6. The van der Waals surface area contributed by atoms with Crippen molar-refractivity contribution in [1.82, 2.24) is 4.31 Å². The van der Waals surface area contributed by atoms with Crippen molar-refractivity contribution in [3.63, 3.8) is 0 Å². The van der Waals surface area contributed by atoms with Gasteiger partial charge in [-0.3, -0.25) is 0 Å². The van der Waals surface area contributed by atoms with Gasteiger partial charge in [0.25, 0.3) is 0 Å². The highest BCUT2D eigenvalue weighted by molar-refractivity contribution is 7.89. The van der Waals surface area contributed by atoms with E-state index in [1.807, 2.05) is 42.5 Å². The summed E-state index contributed by atoms with van der Waals surface area (Å²) in [6.45, 7) is 4.10. The molecule has 0 spiro atoms. The van der Waals surface area contributed by atoms with Crippen LogP contribution in [0.4, 0.5) is 0 Å². The van der Waals surface area contributed by atoms with Crippen LogP contribution in [0.2, 0.25) is 0 Å². The lowest BCUT2D eigenvalue weighted by atomic mass is 10.1. The Morgan fingerprint density at radius 1 is 0.958 bits per heavy atom. The molecule has 1 fully saturated rings. The van der Waals surface area contributed by atoms with Crippen molar-refractivity contribution in [3.8, 4) is 11.1 Å². The Hall–Kier alpha value is -1.91. The zero-order chi connectivity index (χ0) is 17.0. The summed E-state index contributed by atoms with van der Waals surface area (Å²) in [6.07, 6.45) is 5.75. The SMILES string of the molecule is C=CCN(C1CCCC1)S(=O)(=O)c1ccc(-c2ccccc2)cc1. The molecule has 0 heterocycles. The molecule has 3 rings (SSSR count). The molecule has 1 aliphatic rings. The summed E-state index contributed by atoms with van der Waals surface area (Å²) >= 11 is 0. The van der Waals surface area contributed by atoms with Crippen LogP contribution >= 0.6 is 0 Å². The lowest BCUT2D eigenvalue weighted by molar-refractivity contribution is 0.347. The van der Waals surface area contributed by atoms with Crippen LogP contribution in [-0.4, -0.2) is 25.3 Å². The smallest absolute Gasteiger partial charge is 0.207 e. The van der Waals surface area contributed by atoms with E-state index < -0.39 is 10.0 Å². The fourth-order valence-electron chi connectivity index (χ4n) is 3.35. The van der Waals surface area contributed by atoms with Gasteiger partial charge in [0, 0.05) is 12.6 Å². The van der Waals surface area contributed by atoms with Crippen LogP contribution in [0.5, 0.6) is 0 Å². The van der Waals surface area contributed by atoms with Crippen LogP contribution in [0.3, 0.4) is 0 Å². The normalized spacial score (nSPS) is 15.7. The van der Waals surface area contributed by atoms with Crippen LogP contribution in [0, 0.1) is 0 Å². The van der Waals surface area contributed by atoms with Gasteiger partial charge in [-0.2, -0.15) is 4.31 Å². The monoisotopic (exact) mass is 341 g/mol. The molecule has 0 saturated heterocycles. The fraction of sp³-hybridized carbons (Fsp3) is 0.300. The van der Waals surface area contributed by atoms with E-state index in [2.05, 4.69) is 6.58 Å². The van der Waals surface area contributed by atoms with Gasteiger partial charge in [0.05, 0.1) is 4.90 Å². The van der Waals surface area contributed by atoms with E-state index in [9.17, 15) is 8.42 Å². The number of benzene rings is 2. The third kappa shape index (κ3) is 3.45. The summed E-state index contributed by atoms with van der Waals surface area (Å²) in [5, 5.41) is 0. The fourth-order valence-corrected chi connectivity index (χ4v) is 5.00. The zero-order valence-corrected chi connectivity index (χ0v) is 14.6. The highest BCUT2D eigenvalue weighted by atomic mass is 32.2. The molecule has 2 aromatic carbocycles. The van der Waals surface area contributed by atoms with E-state index in [0.29, 0.717) is 11.4 Å². The number of hydrogen-bond donors (Lipinski definition) is 0. The van der Waals surface area contributed by atoms with Crippen molar-refractivity contribution >= 4 is 10.0 Å². The van der Waals surface area contributed by atoms with Crippen molar-refractivity contribution in [2.24, 2.45) is 0 Å². The third-order valence-corrected chi connectivity index (χ3v) is 6.54. The summed E-state index contributed by atoms with van der Waals surface area (Å²) in [7, 11) is -3.48. The van der Waals surface area contributed by atoms with Gasteiger partial charge < -0.3 is 0 Å². The van der Waals surface area contributed by atoms with Crippen LogP contribution in [0.25, 0.3) is 11.1 Å². The molecule has 0 aromatic heterocycles. The average Bonchev–Trinajstić information content (AvgIpc) is 3.14. The Morgan fingerprint density at radius 3 is 2.12 bits per heavy atom. The van der Waals surface area contributed by atoms with Crippen molar-refractivity contribution in [2.45, 2.75) is 36.6 Å². The first-order valence-corrected chi connectivity index (χ1v) is 9.85. The van der Waals surface area contributed by atoms with Gasteiger partial charge in [-0.05, 0) is 36.1 Å². The van der Waals surface area contributed by atoms with Gasteiger partial charge in [0.1, 0.15) is 0 Å². The van der Waals surface area contributed by atoms with E-state index >= 15 is 0 Å². The largest absolute Gasteiger partial charge is 0.243 e. The van der Waals surface area contributed by atoms with Gasteiger partial charge >= 0.3 is 0 Å². The molecule has 0 amide bonds. The molecule has 2 aromatic rings. The Kier molecular flexibility index (Phi) is 5.17. The molecule has 0 N–H and O–H groups in total. The molecule has 3 nitrogen and oxygen atoms in total. The maximum atomic E-state index is 13.0. The van der Waals surface area contributed by atoms with Crippen molar-refractivity contribution in [1.29, 1.82) is 0 Å². The molecule has 0 bridgehead atoms. The molecule has 1 aliphatic carbocycles. The first kappa shape index (κ1) is 16.9. The molecule has 0 unspecified atom stereocenters. The quantitative estimate of drug-likeness (QED) is 0.727. The summed E-state index contributed by atoms with van der Waals surface area (Å²) < 4.78 is 27.7. The maximum Gasteiger partial charge on any atom is 0.243 e. The molecular weight excluding hydrogens is 318 g/mol. The van der Waals surface area contributed by atoms with Crippen molar-refractivity contribution in [2.75, 3.05) is 6.54 Å². The van der Waals surface area contributed by atoms with Gasteiger partial charge in [-0.1, -0.05) is 61.4 Å². The molecule has 24 heavy (non-hydrogen) atoms. The summed E-state index contributed by atoms with van der Waals surface area (Å²) in [5.41, 5.74) is 2.10. The van der Waals surface area contributed by atoms with Crippen molar-refractivity contribution < 1.29 is 8.42 Å². The van der Waals surface area contributed by atoms with E-state index in [1.165, 1.54) is 0 Å². The Bertz CT molecular complexity index is 776. The van der Waals surface area contributed by atoms with Crippen LogP contribution in [0.1, 0.15) is 25.7 Å². The minimum atomic E-state index is -3.48. The molecular formula is C20H23NO2S. The predicted molar refractivity (Wildman–Crippen MR) is 98.2 cm³/mol. The summed E-state index contributed by atoms with van der Waals surface area (Å²) in [4.78, 5) is 0.357. The Morgan fingerprint density at radius 2 is 1.54 bits per heavy atom. The van der Waals surface area contributed by atoms with E-state index in [1.54, 1.807) is 22.5 Å². The lowest BCUT2D eigenvalue weighted by Crippen LogP contribution is -2.38. The van der Waals surface area contributed by atoms with E-state index in [-0.39, 0.29) is 6.04 Å². The minimum absolute atomic E-state index is 0.0989. The second kappa shape index (κ2) is 7.32. The molecule has 1 saturated carbocycles. The average molecular weight is 341 g/mol. The highest BCUT2D eigenvalue weighted by Gasteiger charge is 2.32. The highest BCUT2D eigenvalue weighted by Crippen LogP contribution is 2.29. The van der Waals surface area contributed by atoms with Crippen LogP contribution in [-0.2, 0) is 10.0 Å². The number of sulfonamides is 1. The topological polar surface area (TPSA) is 37.4 Å². The number of nitrogens with zero attached hydrogens (tertiary/aromatic N) is 1. The van der Waals surface area contributed by atoms with E-state index in [0.717, 1.165) is 36.8 Å². The minimum Gasteiger partial charge on any atom is -0.207 e. The van der Waals surface area contributed by atoms with Gasteiger partial charge in [-0.15, -0.1) is 6.58 Å². The predicted octanol–water partition coefficient (Wildman–Crippen LogP) is 4.47. The summed E-state index contributed by atoms with van der Waals surface area (Å²) in [6, 6.07) is 17.2. The van der Waals surface area contributed by atoms with Crippen molar-refractivity contribution in [3.05, 3.63) is 67.3 Å². The standard InChI is InChI=1S/C20H23NO2S/c1-2-16-21(19-10-6-7-11-19)24(22,23)20-14-12-18(13-15-20)17-8-4-3-5-9-17/h2-5,8-9,12-15,19H,1,6-7,10-11,16H2. The second-order valence-electron chi connectivity index (χ2n) is 6.19. The molecule has 0 atom stereocenters. The molecule has 4 heteroatoms. The Balaban J connectivity index is 1.89. The van der Waals surface area contributed by atoms with Gasteiger partial charge in [0.15, 0.2) is 0 Å². The molecule has 126 valence electrons. The number of rotatable bonds is 6. The Labute approximate surface area is 144 Å². The van der Waals surface area contributed by atoms with Gasteiger partial charge in [0.2, 0.25) is 10.0 Å². The van der Waals surface area contributed by atoms with Crippen LogP contribution in [0.15, 0.2) is 72.1 Å².